The van der Waals surface area contributed by atoms with Crippen molar-refractivity contribution in [3.8, 4) is 0 Å². The smallest absolute Gasteiger partial charge is 0.159 e. The van der Waals surface area contributed by atoms with E-state index in [0.29, 0.717) is 5.56 Å². The molecule has 0 bridgehead atoms. The van der Waals surface area contributed by atoms with Crippen molar-refractivity contribution in [1.82, 2.24) is 0 Å². The number of rotatable bonds is 5. The van der Waals surface area contributed by atoms with Gasteiger partial charge in [0, 0.05) is 12.2 Å². The van der Waals surface area contributed by atoms with E-state index in [1.807, 2.05) is 24.3 Å². The van der Waals surface area contributed by atoms with Crippen LogP contribution in [0.25, 0.3) is 5.57 Å². The highest BCUT2D eigenvalue weighted by molar-refractivity contribution is 5.94. The molecule has 0 radical (unpaired) electrons. The summed E-state index contributed by atoms with van der Waals surface area (Å²) in [5.41, 5.74) is 2.75. The summed E-state index contributed by atoms with van der Waals surface area (Å²) in [5.74, 6) is 0.0718. The lowest BCUT2D eigenvalue weighted by atomic mass is 10.0. The Morgan fingerprint density at radius 2 is 1.80 bits per heavy atom. The monoisotopic (exact) mass is 204 g/mol. The fraction of sp³-hybridized carbons (Fsp3) is 0.308. The van der Waals surface area contributed by atoms with Gasteiger partial charge in [-0.3, -0.25) is 4.79 Å². The molecule has 0 spiro atoms. The molecular weight excluding hydrogens is 188 g/mol. The number of Topliss-reactive ketones (excluding diaryl/α,β-unsaturated/α-hetero) is 1. The van der Waals surface area contributed by atoms with Crippen molar-refractivity contribution in [1.29, 1.82) is 0 Å². The zero-order valence-electron chi connectivity index (χ0n) is 8.99. The summed E-state index contributed by atoms with van der Waals surface area (Å²) in [6, 6.07) is 7.41. The molecule has 80 valence electrons. The van der Waals surface area contributed by atoms with Gasteiger partial charge in [0.25, 0.3) is 0 Å². The van der Waals surface area contributed by atoms with Crippen LogP contribution in [-0.4, -0.2) is 17.5 Å². The standard InChI is InChI=1S/C13H16O2/c1-10(4-3-9-14)12-5-7-13(8-6-12)11(2)15/h5-8,14H,1,3-4,9H2,2H3. The number of carbonyl (C=O) groups excluding carboxylic acids is 1. The van der Waals surface area contributed by atoms with Gasteiger partial charge in [0.1, 0.15) is 0 Å². The Hall–Kier alpha value is -1.41. The average molecular weight is 204 g/mol. The van der Waals surface area contributed by atoms with E-state index >= 15 is 0 Å². The van der Waals surface area contributed by atoms with Crippen molar-refractivity contribution in [2.45, 2.75) is 19.8 Å². The van der Waals surface area contributed by atoms with Crippen molar-refractivity contribution in [2.75, 3.05) is 6.61 Å². The molecule has 0 aliphatic carbocycles. The zero-order valence-corrected chi connectivity index (χ0v) is 8.99. The highest BCUT2D eigenvalue weighted by atomic mass is 16.2. The fourth-order valence-electron chi connectivity index (χ4n) is 1.38. The Labute approximate surface area is 90.3 Å². The topological polar surface area (TPSA) is 37.3 Å². The maximum Gasteiger partial charge on any atom is 0.159 e. The molecule has 1 rings (SSSR count). The first kappa shape index (κ1) is 11.7. The van der Waals surface area contributed by atoms with Crippen LogP contribution in [0.3, 0.4) is 0 Å². The van der Waals surface area contributed by atoms with Crippen molar-refractivity contribution in [3.05, 3.63) is 42.0 Å². The minimum atomic E-state index is 0.0718. The molecule has 0 saturated carbocycles. The summed E-state index contributed by atoms with van der Waals surface area (Å²) in [6.07, 6.45) is 1.52. The van der Waals surface area contributed by atoms with Gasteiger partial charge in [0.15, 0.2) is 5.78 Å². The first-order chi connectivity index (χ1) is 7.15. The van der Waals surface area contributed by atoms with Crippen LogP contribution in [0.15, 0.2) is 30.8 Å². The molecule has 0 saturated heterocycles. The Balaban J connectivity index is 2.71. The quantitative estimate of drug-likeness (QED) is 0.749. The minimum absolute atomic E-state index is 0.0718. The van der Waals surface area contributed by atoms with E-state index in [4.69, 9.17) is 5.11 Å². The molecule has 0 aliphatic heterocycles. The highest BCUT2D eigenvalue weighted by Gasteiger charge is 2.01. The van der Waals surface area contributed by atoms with Crippen LogP contribution < -0.4 is 0 Å². The summed E-state index contributed by atoms with van der Waals surface area (Å²) in [5, 5.41) is 8.69. The van der Waals surface area contributed by atoms with E-state index < -0.39 is 0 Å². The van der Waals surface area contributed by atoms with Crippen molar-refractivity contribution < 1.29 is 9.90 Å². The van der Waals surface area contributed by atoms with Gasteiger partial charge < -0.3 is 5.11 Å². The molecular formula is C13H16O2. The van der Waals surface area contributed by atoms with E-state index in [1.165, 1.54) is 0 Å². The van der Waals surface area contributed by atoms with Gasteiger partial charge >= 0.3 is 0 Å². The van der Waals surface area contributed by atoms with Crippen LogP contribution >= 0.6 is 0 Å². The molecule has 1 N–H and O–H groups in total. The second kappa shape index (κ2) is 5.47. The van der Waals surface area contributed by atoms with Gasteiger partial charge in [0.05, 0.1) is 0 Å². The second-order valence-electron chi connectivity index (χ2n) is 3.56. The predicted molar refractivity (Wildman–Crippen MR) is 61.8 cm³/mol. The third-order valence-corrected chi connectivity index (χ3v) is 2.34. The van der Waals surface area contributed by atoms with Gasteiger partial charge in [-0.25, -0.2) is 0 Å². The third kappa shape index (κ3) is 3.33. The molecule has 0 aromatic heterocycles. The molecule has 0 atom stereocenters. The van der Waals surface area contributed by atoms with Crippen molar-refractivity contribution >= 4 is 11.4 Å². The number of allylic oxidation sites excluding steroid dienone is 1. The molecule has 2 heteroatoms. The summed E-state index contributed by atoms with van der Waals surface area (Å²) in [7, 11) is 0. The Kier molecular flexibility index (Phi) is 4.25. The lowest BCUT2D eigenvalue weighted by molar-refractivity contribution is 0.101. The number of aliphatic hydroxyl groups excluding tert-OH is 1. The highest BCUT2D eigenvalue weighted by Crippen LogP contribution is 2.18. The molecule has 2 nitrogen and oxygen atoms in total. The molecule has 1 aromatic carbocycles. The Morgan fingerprint density at radius 3 is 2.27 bits per heavy atom. The number of carbonyl (C=O) groups is 1. The first-order valence-corrected chi connectivity index (χ1v) is 5.05. The summed E-state index contributed by atoms with van der Waals surface area (Å²) < 4.78 is 0. The van der Waals surface area contributed by atoms with E-state index in [9.17, 15) is 4.79 Å². The summed E-state index contributed by atoms with van der Waals surface area (Å²) in [6.45, 7) is 5.68. The zero-order chi connectivity index (χ0) is 11.3. The number of hydrogen-bond acceptors (Lipinski definition) is 2. The summed E-state index contributed by atoms with van der Waals surface area (Å²) in [4.78, 5) is 11.0. The van der Waals surface area contributed by atoms with Crippen LogP contribution in [0.1, 0.15) is 35.7 Å². The number of benzene rings is 1. The van der Waals surface area contributed by atoms with Crippen LogP contribution in [0, 0.1) is 0 Å². The normalized spacial score (nSPS) is 10.0. The van der Waals surface area contributed by atoms with Gasteiger partial charge in [-0.05, 0) is 30.9 Å². The van der Waals surface area contributed by atoms with Gasteiger partial charge in [-0.1, -0.05) is 30.8 Å². The third-order valence-electron chi connectivity index (χ3n) is 2.34. The Morgan fingerprint density at radius 1 is 1.27 bits per heavy atom. The fourth-order valence-corrected chi connectivity index (χ4v) is 1.38. The summed E-state index contributed by atoms with van der Waals surface area (Å²) >= 11 is 0. The van der Waals surface area contributed by atoms with Gasteiger partial charge in [-0.2, -0.15) is 0 Å². The average Bonchev–Trinajstić information content (AvgIpc) is 2.26. The number of aliphatic hydroxyl groups is 1. The SMILES string of the molecule is C=C(CCCO)c1ccc(C(C)=O)cc1. The molecule has 15 heavy (non-hydrogen) atoms. The van der Waals surface area contributed by atoms with E-state index in [2.05, 4.69) is 6.58 Å². The minimum Gasteiger partial charge on any atom is -0.396 e. The molecule has 0 unspecified atom stereocenters. The van der Waals surface area contributed by atoms with Gasteiger partial charge in [0.2, 0.25) is 0 Å². The molecule has 0 fully saturated rings. The van der Waals surface area contributed by atoms with Crippen LogP contribution in [0.4, 0.5) is 0 Å². The van der Waals surface area contributed by atoms with Crippen LogP contribution in [0.2, 0.25) is 0 Å². The van der Waals surface area contributed by atoms with Crippen molar-refractivity contribution in [3.63, 3.8) is 0 Å². The van der Waals surface area contributed by atoms with Crippen LogP contribution in [-0.2, 0) is 0 Å². The predicted octanol–water partition coefficient (Wildman–Crippen LogP) is 2.67. The molecule has 0 aliphatic rings. The maximum absolute atomic E-state index is 11.0. The van der Waals surface area contributed by atoms with E-state index in [0.717, 1.165) is 24.0 Å². The largest absolute Gasteiger partial charge is 0.396 e. The van der Waals surface area contributed by atoms with Crippen molar-refractivity contribution in [2.24, 2.45) is 0 Å². The van der Waals surface area contributed by atoms with Gasteiger partial charge in [-0.15, -0.1) is 0 Å². The van der Waals surface area contributed by atoms with Crippen LogP contribution in [0.5, 0.6) is 0 Å². The number of hydrogen-bond donors (Lipinski definition) is 1. The molecule has 0 heterocycles. The molecule has 0 amide bonds. The lowest BCUT2D eigenvalue weighted by Gasteiger charge is -2.05. The van der Waals surface area contributed by atoms with E-state index in [-0.39, 0.29) is 12.4 Å². The number of ketones is 1. The van der Waals surface area contributed by atoms with E-state index in [1.54, 1.807) is 6.92 Å². The lowest BCUT2D eigenvalue weighted by Crippen LogP contribution is -1.92. The maximum atomic E-state index is 11.0. The Bertz CT molecular complexity index is 349. The molecule has 1 aromatic rings. The second-order valence-corrected chi connectivity index (χ2v) is 3.56. The first-order valence-electron chi connectivity index (χ1n) is 5.05.